The molecule has 4 nitrogen and oxygen atoms in total. The summed E-state index contributed by atoms with van der Waals surface area (Å²) in [7, 11) is 0. The van der Waals surface area contributed by atoms with Crippen LogP contribution in [-0.4, -0.2) is 23.6 Å². The van der Waals surface area contributed by atoms with Gasteiger partial charge in [0.25, 0.3) is 0 Å². The quantitative estimate of drug-likeness (QED) is 0.468. The third-order valence-electron chi connectivity index (χ3n) is 5.83. The van der Waals surface area contributed by atoms with Crippen molar-refractivity contribution in [3.8, 4) is 0 Å². The third kappa shape index (κ3) is 5.03. The van der Waals surface area contributed by atoms with Crippen molar-refractivity contribution in [1.82, 2.24) is 5.32 Å². The lowest BCUT2D eigenvalue weighted by Gasteiger charge is -2.34. The molecule has 3 rings (SSSR count). The Bertz CT molecular complexity index is 817. The Balaban J connectivity index is 1.79. The van der Waals surface area contributed by atoms with Gasteiger partial charge in [0.15, 0.2) is 5.82 Å². The first-order chi connectivity index (χ1) is 13.8. The van der Waals surface area contributed by atoms with Gasteiger partial charge in [-0.25, -0.2) is 13.8 Å². The summed E-state index contributed by atoms with van der Waals surface area (Å²) in [6.07, 6.45) is 4.96. The van der Waals surface area contributed by atoms with E-state index in [9.17, 15) is 18.4 Å². The van der Waals surface area contributed by atoms with Gasteiger partial charge in [-0.2, -0.15) is 0 Å². The number of hydrogen-bond donors (Lipinski definition) is 1. The fraction of sp³-hybridized carbons (Fsp3) is 0.591. The summed E-state index contributed by atoms with van der Waals surface area (Å²) in [6.45, 7) is 3.89. The van der Waals surface area contributed by atoms with Crippen molar-refractivity contribution in [1.29, 1.82) is 0 Å². The topological polar surface area (TPSA) is 58.5 Å². The Hall–Kier alpha value is -1.82. The van der Waals surface area contributed by atoms with Gasteiger partial charge in [-0.1, -0.05) is 31.9 Å². The van der Waals surface area contributed by atoms with Crippen LogP contribution in [0.1, 0.15) is 64.4 Å². The molecule has 1 N–H and O–H groups in total. The molecule has 0 aliphatic heterocycles. The number of hydrogen-bond acceptors (Lipinski definition) is 2. The Morgan fingerprint density at radius 2 is 1.90 bits per heavy atom. The second kappa shape index (κ2) is 9.33. The number of carbonyl (C=O) groups is 2. The minimum atomic E-state index is -0.879. The van der Waals surface area contributed by atoms with Crippen LogP contribution in [0.4, 0.5) is 8.78 Å². The van der Waals surface area contributed by atoms with Crippen molar-refractivity contribution < 1.29 is 18.4 Å². The van der Waals surface area contributed by atoms with Crippen LogP contribution < -0.4 is 5.32 Å². The zero-order chi connectivity index (χ0) is 21.1. The van der Waals surface area contributed by atoms with Crippen LogP contribution in [0.3, 0.4) is 0 Å². The van der Waals surface area contributed by atoms with E-state index in [2.05, 4.69) is 10.3 Å². The molecule has 158 valence electrons. The zero-order valence-electron chi connectivity index (χ0n) is 16.8. The van der Waals surface area contributed by atoms with Crippen molar-refractivity contribution in [2.45, 2.75) is 64.8 Å². The summed E-state index contributed by atoms with van der Waals surface area (Å²) >= 11 is 5.87. The molecule has 1 aromatic carbocycles. The highest BCUT2D eigenvalue weighted by atomic mass is 35.5. The molecule has 7 heteroatoms. The summed E-state index contributed by atoms with van der Waals surface area (Å²) in [4.78, 5) is 28.8. The molecular formula is C22H27ClF2N2O2. The van der Waals surface area contributed by atoms with E-state index in [1.807, 2.05) is 13.8 Å². The molecule has 0 spiro atoms. The van der Waals surface area contributed by atoms with Crippen LogP contribution in [-0.2, 0) is 9.59 Å². The van der Waals surface area contributed by atoms with Crippen LogP contribution in [0.15, 0.2) is 17.1 Å². The number of nitrogens with one attached hydrogen (secondary N) is 1. The third-order valence-corrected chi connectivity index (χ3v) is 6.12. The first kappa shape index (κ1) is 21.9. The molecule has 2 fully saturated rings. The Morgan fingerprint density at radius 1 is 1.21 bits per heavy atom. The van der Waals surface area contributed by atoms with Crippen LogP contribution in [0.2, 0.25) is 5.02 Å². The molecule has 0 heterocycles. The van der Waals surface area contributed by atoms with E-state index in [-0.39, 0.29) is 51.9 Å². The molecule has 1 aromatic rings. The van der Waals surface area contributed by atoms with Gasteiger partial charge >= 0.3 is 0 Å². The van der Waals surface area contributed by atoms with Crippen molar-refractivity contribution in [2.24, 2.45) is 22.7 Å². The average Bonchev–Trinajstić information content (AvgIpc) is 3.50. The van der Waals surface area contributed by atoms with Gasteiger partial charge in [0.1, 0.15) is 5.82 Å². The van der Waals surface area contributed by atoms with Gasteiger partial charge < -0.3 is 5.32 Å². The molecule has 0 bridgehead atoms. The molecule has 2 aliphatic carbocycles. The molecule has 1 unspecified atom stereocenters. The lowest BCUT2D eigenvalue weighted by molar-refractivity contribution is -0.128. The molecule has 0 radical (unpaired) electrons. The maximum atomic E-state index is 14.7. The predicted octanol–water partition coefficient (Wildman–Crippen LogP) is 5.07. The molecule has 1 atom stereocenters. The van der Waals surface area contributed by atoms with Crippen LogP contribution in [0.25, 0.3) is 0 Å². The highest BCUT2D eigenvalue weighted by Crippen LogP contribution is 2.34. The zero-order valence-corrected chi connectivity index (χ0v) is 17.6. The predicted molar refractivity (Wildman–Crippen MR) is 109 cm³/mol. The summed E-state index contributed by atoms with van der Waals surface area (Å²) in [5.41, 5.74) is -0.161. The molecule has 2 aliphatic rings. The number of benzene rings is 1. The number of amides is 2. The van der Waals surface area contributed by atoms with Crippen molar-refractivity contribution in [3.05, 3.63) is 34.4 Å². The smallest absolute Gasteiger partial charge is 0.249 e. The van der Waals surface area contributed by atoms with Gasteiger partial charge in [-0.3, -0.25) is 9.59 Å². The second-order valence-corrected chi connectivity index (χ2v) is 8.50. The van der Waals surface area contributed by atoms with E-state index in [1.54, 1.807) is 0 Å². The lowest BCUT2D eigenvalue weighted by atomic mass is 9.79. The van der Waals surface area contributed by atoms with Crippen LogP contribution in [0.5, 0.6) is 0 Å². The summed E-state index contributed by atoms with van der Waals surface area (Å²) < 4.78 is 29.2. The van der Waals surface area contributed by atoms with Crippen molar-refractivity contribution >= 4 is 29.1 Å². The van der Waals surface area contributed by atoms with Crippen molar-refractivity contribution in [2.75, 3.05) is 0 Å². The van der Waals surface area contributed by atoms with E-state index in [0.29, 0.717) is 25.7 Å². The standard InChI is InChI=1S/C22H27ClF2N2O2/c1-3-5-12(4-2)20(18-17(24)9-8-16(23)19(18)25)27-22(29)14-10-15(11-14)26-21(28)13-6-7-13/h8-9,12-15H,3-7,10-11H2,1-2H3,(H,26,28). The second-order valence-electron chi connectivity index (χ2n) is 8.10. The van der Waals surface area contributed by atoms with E-state index >= 15 is 0 Å². The average molecular weight is 425 g/mol. The largest absolute Gasteiger partial charge is 0.353 e. The number of carbonyl (C=O) groups excluding carboxylic acids is 2. The van der Waals surface area contributed by atoms with Gasteiger partial charge in [0.05, 0.1) is 16.3 Å². The van der Waals surface area contributed by atoms with E-state index in [4.69, 9.17) is 11.6 Å². The molecule has 0 aromatic heterocycles. The fourth-order valence-corrected chi connectivity index (χ4v) is 3.97. The summed E-state index contributed by atoms with van der Waals surface area (Å²) in [5.74, 6) is -2.42. The fourth-order valence-electron chi connectivity index (χ4n) is 3.81. The number of aliphatic imine (C=N–C) groups is 1. The number of rotatable bonds is 8. The maximum absolute atomic E-state index is 14.7. The molecule has 2 amide bonds. The Kier molecular flexibility index (Phi) is 7.04. The normalized spacial score (nSPS) is 22.7. The highest BCUT2D eigenvalue weighted by Gasteiger charge is 2.39. The molecule has 29 heavy (non-hydrogen) atoms. The van der Waals surface area contributed by atoms with Gasteiger partial charge in [-0.05, 0) is 50.7 Å². The lowest BCUT2D eigenvalue weighted by Crippen LogP contribution is -2.47. The highest BCUT2D eigenvalue weighted by molar-refractivity contribution is 6.31. The SMILES string of the molecule is CCCC(CC)C(=NC(=O)C1CC(NC(=O)C2CC2)C1)c1c(F)ccc(Cl)c1F. The Morgan fingerprint density at radius 3 is 2.48 bits per heavy atom. The Labute approximate surface area is 175 Å². The minimum Gasteiger partial charge on any atom is -0.353 e. The van der Waals surface area contributed by atoms with E-state index < -0.39 is 11.6 Å². The van der Waals surface area contributed by atoms with E-state index in [0.717, 1.165) is 31.4 Å². The number of halogens is 3. The van der Waals surface area contributed by atoms with Crippen LogP contribution >= 0.6 is 11.6 Å². The first-order valence-electron chi connectivity index (χ1n) is 10.4. The first-order valence-corrected chi connectivity index (χ1v) is 10.8. The van der Waals surface area contributed by atoms with Crippen LogP contribution in [0, 0.1) is 29.4 Å². The molecular weight excluding hydrogens is 398 g/mol. The summed E-state index contributed by atoms with van der Waals surface area (Å²) in [6, 6.07) is 2.24. The minimum absolute atomic E-state index is 0.0204. The van der Waals surface area contributed by atoms with Gasteiger partial charge in [0.2, 0.25) is 11.8 Å². The molecule has 2 saturated carbocycles. The summed E-state index contributed by atoms with van der Waals surface area (Å²) in [5, 5.41) is 2.76. The van der Waals surface area contributed by atoms with E-state index in [1.165, 1.54) is 0 Å². The monoisotopic (exact) mass is 424 g/mol. The molecule has 0 saturated heterocycles. The maximum Gasteiger partial charge on any atom is 0.249 e. The van der Waals surface area contributed by atoms with Gasteiger partial charge in [-0.15, -0.1) is 0 Å². The van der Waals surface area contributed by atoms with Gasteiger partial charge in [0, 0.05) is 23.8 Å². The number of nitrogens with zero attached hydrogens (tertiary/aromatic N) is 1. The van der Waals surface area contributed by atoms with Crippen molar-refractivity contribution in [3.63, 3.8) is 0 Å².